The Bertz CT molecular complexity index is 835. The Balaban J connectivity index is 4.71. The van der Waals surface area contributed by atoms with E-state index in [1.54, 1.807) is 6.92 Å². The third kappa shape index (κ3) is 19.1. The Kier molecular flexibility index (Phi) is 18.8. The van der Waals surface area contributed by atoms with Gasteiger partial charge in [-0.2, -0.15) is 11.8 Å². The number of nitrogens with one attached hydrogen (secondary N) is 3. The number of allylic oxidation sites excluding steroid dienone is 5. The van der Waals surface area contributed by atoms with Gasteiger partial charge in [0.15, 0.2) is 0 Å². The van der Waals surface area contributed by atoms with Crippen LogP contribution in [0.5, 0.6) is 0 Å². The van der Waals surface area contributed by atoms with E-state index in [1.807, 2.05) is 0 Å². The summed E-state index contributed by atoms with van der Waals surface area (Å²) >= 11 is 1.42. The van der Waals surface area contributed by atoms with Crippen molar-refractivity contribution in [3.8, 4) is 0 Å². The van der Waals surface area contributed by atoms with Gasteiger partial charge < -0.3 is 26.8 Å². The van der Waals surface area contributed by atoms with Crippen LogP contribution < -0.4 is 21.7 Å². The number of thioether (sulfide) groups is 1. The molecule has 0 aromatic carbocycles. The molecule has 0 aliphatic carbocycles. The SMILES string of the molecule is CCNC(=O)NC[C@@H](CCC(N)=O)C(=O)N[C@@H](CSC/C=C(\C)CC/C=C(\C)CCC=C(C)C)C(=O)O. The summed E-state index contributed by atoms with van der Waals surface area (Å²) in [5, 5.41) is 17.2. The minimum atomic E-state index is -1.14. The Hall–Kier alpha value is -2.75. The largest absolute Gasteiger partial charge is 0.480 e. The minimum Gasteiger partial charge on any atom is -0.480 e. The molecule has 0 saturated carbocycles. The Morgan fingerprint density at radius 2 is 1.54 bits per heavy atom. The maximum absolute atomic E-state index is 12.7. The van der Waals surface area contributed by atoms with Gasteiger partial charge in [-0.15, -0.1) is 0 Å². The molecule has 0 aliphatic rings. The number of hydrogen-bond donors (Lipinski definition) is 5. The van der Waals surface area contributed by atoms with Crippen molar-refractivity contribution in [2.45, 2.75) is 79.2 Å². The normalized spacial score (nSPS) is 13.3. The summed E-state index contributed by atoms with van der Waals surface area (Å²) in [7, 11) is 0. The van der Waals surface area contributed by atoms with Gasteiger partial charge in [-0.1, -0.05) is 34.9 Å². The molecule has 0 saturated heterocycles. The third-order valence-electron chi connectivity index (χ3n) is 5.53. The molecule has 0 aromatic heterocycles. The van der Waals surface area contributed by atoms with Gasteiger partial charge in [-0.25, -0.2) is 9.59 Å². The van der Waals surface area contributed by atoms with Crippen molar-refractivity contribution in [2.75, 3.05) is 24.6 Å². The first-order valence-electron chi connectivity index (χ1n) is 12.8. The van der Waals surface area contributed by atoms with Crippen LogP contribution >= 0.6 is 11.8 Å². The van der Waals surface area contributed by atoms with Crippen molar-refractivity contribution >= 4 is 35.6 Å². The van der Waals surface area contributed by atoms with Crippen molar-refractivity contribution in [2.24, 2.45) is 11.7 Å². The lowest BCUT2D eigenvalue weighted by Crippen LogP contribution is -2.48. The van der Waals surface area contributed by atoms with E-state index in [2.05, 4.69) is 61.9 Å². The Labute approximate surface area is 226 Å². The summed E-state index contributed by atoms with van der Waals surface area (Å²) in [4.78, 5) is 47.3. The molecule has 0 aromatic rings. The highest BCUT2D eigenvalue weighted by Gasteiger charge is 2.26. The second-order valence-corrected chi connectivity index (χ2v) is 10.4. The molecule has 6 N–H and O–H groups in total. The molecule has 0 spiro atoms. The summed E-state index contributed by atoms with van der Waals surface area (Å²) in [5.41, 5.74) is 9.15. The monoisotopic (exact) mass is 538 g/mol. The molecule has 9 nitrogen and oxygen atoms in total. The molecule has 0 unspecified atom stereocenters. The summed E-state index contributed by atoms with van der Waals surface area (Å²) in [5.74, 6) is -2.19. The number of nitrogens with two attached hydrogens (primary N) is 1. The molecule has 0 rings (SSSR count). The van der Waals surface area contributed by atoms with Crippen LogP contribution in [0.4, 0.5) is 4.79 Å². The number of urea groups is 1. The molecule has 10 heteroatoms. The van der Waals surface area contributed by atoms with Crippen LogP contribution in [-0.2, 0) is 14.4 Å². The summed E-state index contributed by atoms with van der Waals surface area (Å²) in [6.45, 7) is 10.6. The van der Waals surface area contributed by atoms with Gasteiger partial charge in [0, 0.05) is 31.0 Å². The van der Waals surface area contributed by atoms with Crippen molar-refractivity contribution < 1.29 is 24.3 Å². The molecule has 0 heterocycles. The number of carbonyl (C=O) groups is 4. The minimum absolute atomic E-state index is 0.0325. The van der Waals surface area contributed by atoms with Crippen molar-refractivity contribution in [1.82, 2.24) is 16.0 Å². The summed E-state index contributed by atoms with van der Waals surface area (Å²) < 4.78 is 0. The van der Waals surface area contributed by atoms with E-state index in [9.17, 15) is 24.3 Å². The lowest BCUT2D eigenvalue weighted by atomic mass is 10.0. The predicted octanol–water partition coefficient (Wildman–Crippen LogP) is 3.91. The summed E-state index contributed by atoms with van der Waals surface area (Å²) in [6.07, 6.45) is 10.7. The number of amides is 4. The van der Waals surface area contributed by atoms with Crippen molar-refractivity contribution in [3.05, 3.63) is 34.9 Å². The van der Waals surface area contributed by atoms with Crippen LogP contribution in [0.25, 0.3) is 0 Å². The van der Waals surface area contributed by atoms with Gasteiger partial charge in [0.1, 0.15) is 6.04 Å². The fraction of sp³-hybridized carbons (Fsp3) is 0.630. The third-order valence-corrected chi connectivity index (χ3v) is 6.50. The Morgan fingerprint density at radius 3 is 2.11 bits per heavy atom. The lowest BCUT2D eigenvalue weighted by Gasteiger charge is -2.20. The van der Waals surface area contributed by atoms with Gasteiger partial charge in [-0.3, -0.25) is 9.59 Å². The first-order valence-corrected chi connectivity index (χ1v) is 14.0. The van der Waals surface area contributed by atoms with Crippen LogP contribution in [0.2, 0.25) is 0 Å². The zero-order valence-electron chi connectivity index (χ0n) is 23.0. The molecular weight excluding hydrogens is 492 g/mol. The number of rotatable bonds is 19. The van der Waals surface area contributed by atoms with E-state index in [0.29, 0.717) is 12.3 Å². The fourth-order valence-electron chi connectivity index (χ4n) is 3.27. The highest BCUT2D eigenvalue weighted by atomic mass is 32.2. The highest BCUT2D eigenvalue weighted by molar-refractivity contribution is 7.99. The number of carboxylic acid groups (broad SMARTS) is 1. The van der Waals surface area contributed by atoms with E-state index in [-0.39, 0.29) is 25.1 Å². The van der Waals surface area contributed by atoms with Crippen LogP contribution in [0.1, 0.15) is 73.1 Å². The zero-order chi connectivity index (χ0) is 28.2. The molecule has 0 fully saturated rings. The smallest absolute Gasteiger partial charge is 0.327 e. The average Bonchev–Trinajstić information content (AvgIpc) is 2.80. The lowest BCUT2D eigenvalue weighted by molar-refractivity contribution is -0.141. The van der Waals surface area contributed by atoms with E-state index < -0.39 is 35.8 Å². The molecule has 2 atom stereocenters. The van der Waals surface area contributed by atoms with Gasteiger partial charge in [0.2, 0.25) is 11.8 Å². The predicted molar refractivity (Wildman–Crippen MR) is 151 cm³/mol. The zero-order valence-corrected chi connectivity index (χ0v) is 23.8. The van der Waals surface area contributed by atoms with Crippen LogP contribution in [-0.4, -0.2) is 59.6 Å². The maximum atomic E-state index is 12.7. The standard InChI is InChI=1S/C27H46N4O5S/c1-6-29-27(36)30-17-22(13-14-24(28)32)25(33)31-23(26(34)35)18-37-16-15-21(5)12-8-11-20(4)10-7-9-19(2)3/h9,11,15,22-23H,6-8,10,12-14,16-18H2,1-5H3,(H2,28,32)(H,31,33)(H,34,35)(H2,29,30,36)/b20-11+,21-15+/t22-,23+/m1/s1. The topological polar surface area (TPSA) is 151 Å². The van der Waals surface area contributed by atoms with Crippen LogP contribution in [0.3, 0.4) is 0 Å². The molecule has 37 heavy (non-hydrogen) atoms. The molecule has 4 amide bonds. The fourth-order valence-corrected chi connectivity index (χ4v) is 4.27. The number of carboxylic acids is 1. The van der Waals surface area contributed by atoms with Gasteiger partial charge in [-0.05, 0) is 66.7 Å². The number of primary amides is 1. The van der Waals surface area contributed by atoms with Crippen LogP contribution in [0.15, 0.2) is 34.9 Å². The molecule has 0 bridgehead atoms. The quantitative estimate of drug-likeness (QED) is 0.124. The van der Waals surface area contributed by atoms with E-state index >= 15 is 0 Å². The van der Waals surface area contributed by atoms with E-state index in [4.69, 9.17) is 5.73 Å². The maximum Gasteiger partial charge on any atom is 0.327 e. The van der Waals surface area contributed by atoms with Gasteiger partial charge >= 0.3 is 12.0 Å². The Morgan fingerprint density at radius 1 is 0.919 bits per heavy atom. The molecular formula is C27H46N4O5S. The number of hydrogen-bond acceptors (Lipinski definition) is 5. The second-order valence-electron chi connectivity index (χ2n) is 9.34. The second kappa shape index (κ2) is 20.3. The van der Waals surface area contributed by atoms with Crippen LogP contribution in [0, 0.1) is 5.92 Å². The molecule has 0 aliphatic heterocycles. The van der Waals surface area contributed by atoms with Crippen molar-refractivity contribution in [3.63, 3.8) is 0 Å². The highest BCUT2D eigenvalue weighted by Crippen LogP contribution is 2.14. The molecule has 0 radical (unpaired) electrons. The number of carbonyl (C=O) groups excluding carboxylic acids is 3. The van der Waals surface area contributed by atoms with E-state index in [0.717, 1.165) is 25.7 Å². The first kappa shape index (κ1) is 34.2. The summed E-state index contributed by atoms with van der Waals surface area (Å²) in [6, 6.07) is -1.53. The van der Waals surface area contributed by atoms with Gasteiger partial charge in [0.05, 0.1) is 5.92 Å². The average molecular weight is 539 g/mol. The van der Waals surface area contributed by atoms with E-state index in [1.165, 1.54) is 28.5 Å². The van der Waals surface area contributed by atoms with Gasteiger partial charge in [0.25, 0.3) is 0 Å². The number of aliphatic carboxylic acids is 1. The van der Waals surface area contributed by atoms with Crippen molar-refractivity contribution in [1.29, 1.82) is 0 Å². The first-order chi connectivity index (χ1) is 17.5. The molecule has 210 valence electrons.